The molecule has 0 heterocycles. The van der Waals surface area contributed by atoms with Crippen molar-refractivity contribution in [1.29, 1.82) is 0 Å². The Morgan fingerprint density at radius 2 is 1.58 bits per heavy atom. The maximum atomic E-state index is 11.2. The number of aliphatic hydroxyl groups excluding tert-OH is 5. The Labute approximate surface area is 154 Å². The highest BCUT2D eigenvalue weighted by Crippen LogP contribution is 2.72. The van der Waals surface area contributed by atoms with Crippen LogP contribution in [-0.2, 0) is 0 Å². The zero-order valence-electron chi connectivity index (χ0n) is 16.0. The van der Waals surface area contributed by atoms with Crippen molar-refractivity contribution < 1.29 is 30.6 Å². The largest absolute Gasteiger partial charge is 0.393 e. The zero-order chi connectivity index (χ0) is 19.3. The number of hydrogen-bond donors (Lipinski definition) is 6. The van der Waals surface area contributed by atoms with Gasteiger partial charge in [-0.1, -0.05) is 27.2 Å². The Morgan fingerprint density at radius 1 is 0.923 bits per heavy atom. The molecule has 0 aromatic rings. The summed E-state index contributed by atoms with van der Waals surface area (Å²) in [6.45, 7) is 5.70. The van der Waals surface area contributed by atoms with Crippen LogP contribution in [0.1, 0.15) is 52.9 Å². The summed E-state index contributed by atoms with van der Waals surface area (Å²) in [4.78, 5) is 0. The van der Waals surface area contributed by atoms with Gasteiger partial charge in [-0.15, -0.1) is 0 Å². The molecule has 4 aliphatic rings. The minimum absolute atomic E-state index is 0.145. The molecule has 150 valence electrons. The first-order valence-electron chi connectivity index (χ1n) is 10.0. The number of fused-ring (bicyclic) bond motifs is 3. The van der Waals surface area contributed by atoms with Gasteiger partial charge in [0.05, 0.1) is 36.4 Å². The lowest BCUT2D eigenvalue weighted by Crippen LogP contribution is -2.73. The summed E-state index contributed by atoms with van der Waals surface area (Å²) in [6.07, 6.45) is -1.08. The summed E-state index contributed by atoms with van der Waals surface area (Å²) in [5, 5.41) is 65.5. The van der Waals surface area contributed by atoms with E-state index in [0.717, 1.165) is 19.3 Å². The third kappa shape index (κ3) is 1.84. The Kier molecular flexibility index (Phi) is 3.98. The van der Waals surface area contributed by atoms with Crippen LogP contribution in [0.15, 0.2) is 0 Å². The molecule has 0 amide bonds. The number of hydrogen-bond acceptors (Lipinski definition) is 6. The molecule has 26 heavy (non-hydrogen) atoms. The second-order valence-electron chi connectivity index (χ2n) is 10.5. The normalized spacial score (nSPS) is 61.0. The fourth-order valence-electron chi connectivity index (χ4n) is 8.32. The van der Waals surface area contributed by atoms with Gasteiger partial charge < -0.3 is 30.6 Å². The van der Waals surface area contributed by atoms with Crippen molar-refractivity contribution in [3.63, 3.8) is 0 Å². The van der Waals surface area contributed by atoms with Crippen LogP contribution in [-0.4, -0.2) is 67.3 Å². The van der Waals surface area contributed by atoms with Crippen LogP contribution in [0.3, 0.4) is 0 Å². The molecular formula is C20H34O6. The summed E-state index contributed by atoms with van der Waals surface area (Å²) >= 11 is 0. The molecule has 4 rings (SSSR count). The van der Waals surface area contributed by atoms with E-state index in [1.807, 2.05) is 0 Å². The van der Waals surface area contributed by atoms with Crippen LogP contribution in [0, 0.1) is 34.0 Å². The fourth-order valence-corrected chi connectivity index (χ4v) is 8.32. The molecule has 6 N–H and O–H groups in total. The Balaban J connectivity index is 1.91. The molecule has 0 radical (unpaired) electrons. The maximum absolute atomic E-state index is 11.2. The highest BCUT2D eigenvalue weighted by Gasteiger charge is 2.79. The van der Waals surface area contributed by atoms with Crippen molar-refractivity contribution in [3.05, 3.63) is 0 Å². The minimum Gasteiger partial charge on any atom is -0.393 e. The topological polar surface area (TPSA) is 121 Å². The van der Waals surface area contributed by atoms with Crippen LogP contribution < -0.4 is 0 Å². The Morgan fingerprint density at radius 3 is 2.19 bits per heavy atom. The van der Waals surface area contributed by atoms with E-state index in [2.05, 4.69) is 20.8 Å². The van der Waals surface area contributed by atoms with Gasteiger partial charge in [0.1, 0.15) is 5.60 Å². The van der Waals surface area contributed by atoms with Gasteiger partial charge in [-0.3, -0.25) is 0 Å². The first-order chi connectivity index (χ1) is 12.0. The van der Waals surface area contributed by atoms with Gasteiger partial charge >= 0.3 is 0 Å². The van der Waals surface area contributed by atoms with Gasteiger partial charge in [-0.25, -0.2) is 0 Å². The lowest BCUT2D eigenvalue weighted by molar-refractivity contribution is -0.294. The maximum Gasteiger partial charge on any atom is 0.119 e. The summed E-state index contributed by atoms with van der Waals surface area (Å²) in [5.74, 6) is -1.06. The van der Waals surface area contributed by atoms with E-state index in [1.165, 1.54) is 0 Å². The van der Waals surface area contributed by atoms with Crippen LogP contribution in [0.4, 0.5) is 0 Å². The third-order valence-electron chi connectivity index (χ3n) is 9.17. The van der Waals surface area contributed by atoms with E-state index in [-0.39, 0.29) is 22.7 Å². The zero-order valence-corrected chi connectivity index (χ0v) is 16.0. The van der Waals surface area contributed by atoms with E-state index >= 15 is 0 Å². The molecule has 1 spiro atoms. The van der Waals surface area contributed by atoms with Crippen molar-refractivity contribution in [1.82, 2.24) is 0 Å². The second kappa shape index (κ2) is 5.43. The van der Waals surface area contributed by atoms with Gasteiger partial charge in [0.15, 0.2) is 0 Å². The Bertz CT molecular complexity index is 595. The molecule has 6 heteroatoms. The average molecular weight is 370 g/mol. The molecule has 0 aromatic heterocycles. The first kappa shape index (κ1) is 19.1. The molecule has 4 unspecified atom stereocenters. The van der Waals surface area contributed by atoms with E-state index < -0.39 is 48.0 Å². The minimum atomic E-state index is -1.84. The van der Waals surface area contributed by atoms with Crippen LogP contribution >= 0.6 is 0 Å². The number of aliphatic hydroxyl groups is 6. The highest BCUT2D eigenvalue weighted by atomic mass is 16.4. The van der Waals surface area contributed by atoms with Crippen molar-refractivity contribution in [3.8, 4) is 0 Å². The van der Waals surface area contributed by atoms with Crippen molar-refractivity contribution in [2.24, 2.45) is 34.0 Å². The molecule has 4 aliphatic carbocycles. The highest BCUT2D eigenvalue weighted by molar-refractivity contribution is 5.28. The fraction of sp³-hybridized carbons (Fsp3) is 1.00. The standard InChI is InChI=1S/C20H34O6/c1-17(2)7-4-8-18(3)11-6-5-10-14(23)20(11,15(24)12(22)13(17)18)16(25)19(10,26)9-21/h10-16,21-26H,4-9H2,1-3H3/t10-,11-,12?,13+,14?,15?,16?,18-,19-,20-/m1/s1. The van der Waals surface area contributed by atoms with Gasteiger partial charge in [0.2, 0.25) is 0 Å². The monoisotopic (exact) mass is 370 g/mol. The van der Waals surface area contributed by atoms with Gasteiger partial charge in [0, 0.05) is 5.92 Å². The molecule has 10 atom stereocenters. The molecule has 0 aliphatic heterocycles. The van der Waals surface area contributed by atoms with E-state index in [0.29, 0.717) is 12.8 Å². The third-order valence-corrected chi connectivity index (χ3v) is 9.17. The summed E-state index contributed by atoms with van der Waals surface area (Å²) in [7, 11) is 0. The predicted molar refractivity (Wildman–Crippen MR) is 93.9 cm³/mol. The SMILES string of the molecule is CC1(C)CCC[C@@]2(C)[C@H]1C(O)C(O)[C@]13C(O)[C@@H](CC[C@@H]12)[C@](O)(CO)C3O. The van der Waals surface area contributed by atoms with E-state index in [9.17, 15) is 30.6 Å². The van der Waals surface area contributed by atoms with Gasteiger partial charge in [-0.05, 0) is 48.3 Å². The average Bonchev–Trinajstić information content (AvgIpc) is 2.66. The molecule has 0 saturated heterocycles. The quantitative estimate of drug-likeness (QED) is 0.387. The first-order valence-corrected chi connectivity index (χ1v) is 10.0. The number of rotatable bonds is 1. The van der Waals surface area contributed by atoms with Gasteiger partial charge in [-0.2, -0.15) is 0 Å². The smallest absolute Gasteiger partial charge is 0.119 e. The lowest BCUT2D eigenvalue weighted by Gasteiger charge is -2.67. The van der Waals surface area contributed by atoms with Crippen LogP contribution in [0.25, 0.3) is 0 Å². The molecule has 0 aromatic carbocycles. The second-order valence-corrected chi connectivity index (χ2v) is 10.5. The molecule has 4 fully saturated rings. The summed E-state index contributed by atoms with van der Waals surface area (Å²) < 4.78 is 0. The molecule has 2 bridgehead atoms. The summed E-state index contributed by atoms with van der Waals surface area (Å²) in [6, 6.07) is 0. The summed E-state index contributed by atoms with van der Waals surface area (Å²) in [5.41, 5.74) is -3.76. The lowest BCUT2D eigenvalue weighted by atomic mass is 9.39. The molecule has 6 nitrogen and oxygen atoms in total. The van der Waals surface area contributed by atoms with E-state index in [4.69, 9.17) is 0 Å². The molecular weight excluding hydrogens is 336 g/mol. The van der Waals surface area contributed by atoms with Crippen LogP contribution in [0.2, 0.25) is 0 Å². The molecule has 4 saturated carbocycles. The Hall–Kier alpha value is -0.240. The van der Waals surface area contributed by atoms with Crippen molar-refractivity contribution >= 4 is 0 Å². The van der Waals surface area contributed by atoms with Crippen molar-refractivity contribution in [2.45, 2.75) is 82.9 Å². The van der Waals surface area contributed by atoms with Gasteiger partial charge in [0.25, 0.3) is 0 Å². The predicted octanol–water partition coefficient (Wildman–Crippen LogP) is 0.0258. The van der Waals surface area contributed by atoms with Crippen LogP contribution in [0.5, 0.6) is 0 Å². The van der Waals surface area contributed by atoms with E-state index in [1.54, 1.807) is 0 Å². The van der Waals surface area contributed by atoms with Crippen molar-refractivity contribution in [2.75, 3.05) is 6.61 Å².